The van der Waals surface area contributed by atoms with Crippen molar-refractivity contribution in [1.29, 1.82) is 0 Å². The van der Waals surface area contributed by atoms with Crippen LogP contribution in [-0.4, -0.2) is 5.11 Å². The van der Waals surface area contributed by atoms with E-state index in [1.54, 1.807) is 24.3 Å². The summed E-state index contributed by atoms with van der Waals surface area (Å²) < 4.78 is 19.4. The highest BCUT2D eigenvalue weighted by atomic mass is 79.9. The van der Waals surface area contributed by atoms with Crippen LogP contribution < -0.4 is 4.74 Å². The second-order valence-electron chi connectivity index (χ2n) is 3.59. The summed E-state index contributed by atoms with van der Waals surface area (Å²) in [5.74, 6) is 0.376. The smallest absolute Gasteiger partial charge is 0.145 e. The molecule has 0 aromatic heterocycles. The lowest BCUT2D eigenvalue weighted by Gasteiger charge is -2.08. The maximum Gasteiger partial charge on any atom is 0.145 e. The number of ether oxygens (including phenoxy) is 1. The van der Waals surface area contributed by atoms with E-state index in [-0.39, 0.29) is 11.6 Å². The molecular weight excluding hydrogens is 322 g/mol. The summed E-state index contributed by atoms with van der Waals surface area (Å²) in [5.41, 5.74) is 0.754. The maximum absolute atomic E-state index is 13.2. The first kappa shape index (κ1) is 13.3. The average Bonchev–Trinajstić information content (AvgIpc) is 2.34. The van der Waals surface area contributed by atoms with Gasteiger partial charge in [-0.25, -0.2) is 4.39 Å². The van der Waals surface area contributed by atoms with Crippen molar-refractivity contribution in [3.8, 4) is 11.5 Å². The molecule has 0 radical (unpaired) electrons. The van der Waals surface area contributed by atoms with Crippen molar-refractivity contribution in [2.45, 2.75) is 6.61 Å². The lowest BCUT2D eigenvalue weighted by molar-refractivity contribution is 0.281. The van der Waals surface area contributed by atoms with Crippen molar-refractivity contribution in [3.05, 3.63) is 57.3 Å². The summed E-state index contributed by atoms with van der Waals surface area (Å²) in [6, 6.07) is 9.37. The number of rotatable bonds is 3. The molecule has 0 spiro atoms. The van der Waals surface area contributed by atoms with Crippen LogP contribution in [0.4, 0.5) is 4.39 Å². The van der Waals surface area contributed by atoms with Crippen LogP contribution in [-0.2, 0) is 6.61 Å². The fraction of sp³-hybridized carbons (Fsp3) is 0.0769. The molecule has 0 saturated carbocycles. The molecule has 5 heteroatoms. The minimum Gasteiger partial charge on any atom is -0.457 e. The van der Waals surface area contributed by atoms with Crippen molar-refractivity contribution in [2.24, 2.45) is 0 Å². The molecule has 0 aliphatic carbocycles. The Morgan fingerprint density at radius 1 is 1.17 bits per heavy atom. The van der Waals surface area contributed by atoms with Crippen LogP contribution in [0.1, 0.15) is 5.56 Å². The van der Waals surface area contributed by atoms with Crippen molar-refractivity contribution in [2.75, 3.05) is 0 Å². The number of aliphatic hydroxyl groups excluding tert-OH is 1. The molecule has 0 amide bonds. The zero-order valence-electron chi connectivity index (χ0n) is 9.16. The van der Waals surface area contributed by atoms with Crippen molar-refractivity contribution in [1.82, 2.24) is 0 Å². The monoisotopic (exact) mass is 330 g/mol. The molecule has 0 aliphatic heterocycles. The Labute approximate surface area is 117 Å². The zero-order chi connectivity index (χ0) is 13.1. The standard InChI is InChI=1S/C13H9BrClFO2/c14-11-5-9(2-1-8(11)7-17)18-10-3-4-12(15)13(16)6-10/h1-6,17H,7H2. The Morgan fingerprint density at radius 2 is 1.83 bits per heavy atom. The third-order valence-corrected chi connectivity index (χ3v) is 3.37. The Hall–Kier alpha value is -1.10. The Bertz CT molecular complexity index is 575. The average molecular weight is 332 g/mol. The first-order valence-electron chi connectivity index (χ1n) is 5.12. The molecule has 94 valence electrons. The molecule has 0 fully saturated rings. The number of halogens is 3. The Kier molecular flexibility index (Phi) is 4.22. The Balaban J connectivity index is 2.23. The normalized spacial score (nSPS) is 10.4. The van der Waals surface area contributed by atoms with Gasteiger partial charge >= 0.3 is 0 Å². The number of hydrogen-bond acceptors (Lipinski definition) is 2. The molecule has 18 heavy (non-hydrogen) atoms. The van der Waals surface area contributed by atoms with Crippen molar-refractivity contribution in [3.63, 3.8) is 0 Å². The van der Waals surface area contributed by atoms with Gasteiger partial charge in [-0.05, 0) is 29.8 Å². The lowest BCUT2D eigenvalue weighted by atomic mass is 10.2. The van der Waals surface area contributed by atoms with E-state index in [1.807, 2.05) is 0 Å². The minimum atomic E-state index is -0.528. The zero-order valence-corrected chi connectivity index (χ0v) is 11.5. The van der Waals surface area contributed by atoms with Gasteiger partial charge < -0.3 is 9.84 Å². The van der Waals surface area contributed by atoms with Gasteiger partial charge in [0.25, 0.3) is 0 Å². The summed E-state index contributed by atoms with van der Waals surface area (Å²) in [4.78, 5) is 0. The molecule has 0 saturated heterocycles. The molecule has 0 unspecified atom stereocenters. The number of aliphatic hydroxyl groups is 1. The van der Waals surface area contributed by atoms with Crippen LogP contribution in [0, 0.1) is 5.82 Å². The fourth-order valence-electron chi connectivity index (χ4n) is 1.40. The molecule has 2 nitrogen and oxygen atoms in total. The third-order valence-electron chi connectivity index (χ3n) is 2.32. The van der Waals surface area contributed by atoms with Crippen LogP contribution in [0.3, 0.4) is 0 Å². The molecular formula is C13H9BrClFO2. The highest BCUT2D eigenvalue weighted by Crippen LogP contribution is 2.28. The van der Waals surface area contributed by atoms with Gasteiger partial charge in [-0.1, -0.05) is 33.6 Å². The van der Waals surface area contributed by atoms with Gasteiger partial charge in [-0.15, -0.1) is 0 Å². The predicted octanol–water partition coefficient (Wildman–Crippen LogP) is 4.53. The van der Waals surface area contributed by atoms with E-state index in [0.717, 1.165) is 10.0 Å². The lowest BCUT2D eigenvalue weighted by Crippen LogP contribution is -1.89. The van der Waals surface area contributed by atoms with Crippen LogP contribution in [0.25, 0.3) is 0 Å². The van der Waals surface area contributed by atoms with Gasteiger partial charge in [0, 0.05) is 10.5 Å². The third kappa shape index (κ3) is 3.02. The van der Waals surface area contributed by atoms with E-state index < -0.39 is 5.82 Å². The second-order valence-corrected chi connectivity index (χ2v) is 4.85. The largest absolute Gasteiger partial charge is 0.457 e. The van der Waals surface area contributed by atoms with E-state index in [9.17, 15) is 4.39 Å². The molecule has 0 bridgehead atoms. The predicted molar refractivity (Wildman–Crippen MR) is 71.5 cm³/mol. The SMILES string of the molecule is OCc1ccc(Oc2ccc(Cl)c(F)c2)cc1Br. The van der Waals surface area contributed by atoms with Crippen LogP contribution in [0.15, 0.2) is 40.9 Å². The van der Waals surface area contributed by atoms with Gasteiger partial charge in [0.2, 0.25) is 0 Å². The maximum atomic E-state index is 13.2. The van der Waals surface area contributed by atoms with Gasteiger partial charge in [0.1, 0.15) is 17.3 Å². The summed E-state index contributed by atoms with van der Waals surface area (Å²) >= 11 is 8.89. The van der Waals surface area contributed by atoms with Crippen molar-refractivity contribution < 1.29 is 14.2 Å². The van der Waals surface area contributed by atoms with Gasteiger partial charge in [0.15, 0.2) is 0 Å². The summed E-state index contributed by atoms with van der Waals surface area (Å²) in [5, 5.41) is 9.09. The van der Waals surface area contributed by atoms with Gasteiger partial charge in [0.05, 0.1) is 11.6 Å². The number of hydrogen-bond donors (Lipinski definition) is 1. The molecule has 2 rings (SSSR count). The second kappa shape index (κ2) is 5.69. The summed E-state index contributed by atoms with van der Waals surface area (Å²) in [7, 11) is 0. The van der Waals surface area contributed by atoms with E-state index in [1.165, 1.54) is 12.1 Å². The summed E-state index contributed by atoms with van der Waals surface area (Å²) in [6.45, 7) is -0.0591. The number of benzene rings is 2. The summed E-state index contributed by atoms with van der Waals surface area (Å²) in [6.07, 6.45) is 0. The highest BCUT2D eigenvalue weighted by molar-refractivity contribution is 9.10. The molecule has 0 heterocycles. The van der Waals surface area contributed by atoms with Gasteiger partial charge in [-0.3, -0.25) is 0 Å². The van der Waals surface area contributed by atoms with Crippen LogP contribution >= 0.6 is 27.5 Å². The van der Waals surface area contributed by atoms with Crippen LogP contribution in [0.5, 0.6) is 11.5 Å². The quantitative estimate of drug-likeness (QED) is 0.895. The highest BCUT2D eigenvalue weighted by Gasteiger charge is 2.05. The molecule has 2 aromatic rings. The van der Waals surface area contributed by atoms with Gasteiger partial charge in [-0.2, -0.15) is 0 Å². The van der Waals surface area contributed by atoms with E-state index >= 15 is 0 Å². The van der Waals surface area contributed by atoms with Crippen LogP contribution in [0.2, 0.25) is 5.02 Å². The fourth-order valence-corrected chi connectivity index (χ4v) is 2.00. The van der Waals surface area contributed by atoms with E-state index in [2.05, 4.69) is 15.9 Å². The first-order chi connectivity index (χ1) is 8.60. The van der Waals surface area contributed by atoms with E-state index in [0.29, 0.717) is 11.5 Å². The molecule has 0 aliphatic rings. The topological polar surface area (TPSA) is 29.5 Å². The van der Waals surface area contributed by atoms with Crippen molar-refractivity contribution >= 4 is 27.5 Å². The minimum absolute atomic E-state index is 0.0548. The molecule has 0 atom stereocenters. The molecule has 1 N–H and O–H groups in total. The van der Waals surface area contributed by atoms with E-state index in [4.69, 9.17) is 21.4 Å². The first-order valence-corrected chi connectivity index (χ1v) is 6.29. The molecule has 2 aromatic carbocycles. The Morgan fingerprint density at radius 3 is 2.44 bits per heavy atom.